The highest BCUT2D eigenvalue weighted by Gasteiger charge is 2.27. The average Bonchev–Trinajstić information content (AvgIpc) is 2.97. The van der Waals surface area contributed by atoms with Crippen LogP contribution in [0.4, 0.5) is 0 Å². The van der Waals surface area contributed by atoms with E-state index >= 15 is 0 Å². The minimum atomic E-state index is 0.0222. The van der Waals surface area contributed by atoms with Crippen LogP contribution in [0.25, 0.3) is 0 Å². The molecule has 1 N–H and O–H groups in total. The molecule has 1 heterocycles. The largest absolute Gasteiger partial charge is 0.481 e. The summed E-state index contributed by atoms with van der Waals surface area (Å²) in [6.45, 7) is 0.436. The van der Waals surface area contributed by atoms with Gasteiger partial charge in [-0.05, 0) is 59.6 Å². The number of aliphatic hydroxyl groups is 1. The maximum Gasteiger partial charge on any atom is 0.285 e. The molecule has 0 spiro atoms. The summed E-state index contributed by atoms with van der Waals surface area (Å²) in [7, 11) is 0. The van der Waals surface area contributed by atoms with Crippen molar-refractivity contribution >= 4 is 23.5 Å². The van der Waals surface area contributed by atoms with Gasteiger partial charge in [-0.1, -0.05) is 0 Å². The molecule has 0 bridgehead atoms. The van der Waals surface area contributed by atoms with E-state index in [1.54, 1.807) is 23.5 Å². The zero-order valence-corrected chi connectivity index (χ0v) is 12.4. The Kier molecular flexibility index (Phi) is 3.37. The highest BCUT2D eigenvalue weighted by Crippen LogP contribution is 2.46. The molecule has 0 fully saturated rings. The van der Waals surface area contributed by atoms with Crippen LogP contribution in [0.15, 0.2) is 68.4 Å². The summed E-state index contributed by atoms with van der Waals surface area (Å²) >= 11 is 3.47. The van der Waals surface area contributed by atoms with Crippen molar-refractivity contribution in [2.75, 3.05) is 19.1 Å². The molecule has 0 aromatic rings. The minimum absolute atomic E-state index is 0.0222. The number of rotatable bonds is 3. The topological polar surface area (TPSA) is 29.5 Å². The Morgan fingerprint density at radius 3 is 2.58 bits per heavy atom. The maximum atomic E-state index is 9.92. The molecule has 1 aliphatic heterocycles. The number of hydrogen-bond donors (Lipinski definition) is 1. The van der Waals surface area contributed by atoms with Crippen molar-refractivity contribution in [1.29, 1.82) is 0 Å². The van der Waals surface area contributed by atoms with Crippen LogP contribution in [0.3, 0.4) is 0 Å². The molecule has 4 heteroatoms. The van der Waals surface area contributed by atoms with Crippen LogP contribution in [-0.4, -0.2) is 24.2 Å². The van der Waals surface area contributed by atoms with Crippen LogP contribution in [0.1, 0.15) is 0 Å². The summed E-state index contributed by atoms with van der Waals surface area (Å²) in [4.78, 5) is 2.49. The molecule has 0 aromatic heterocycles. The van der Waals surface area contributed by atoms with Crippen LogP contribution in [-0.2, 0) is 4.74 Å². The van der Waals surface area contributed by atoms with E-state index in [9.17, 15) is 5.11 Å². The van der Waals surface area contributed by atoms with Crippen molar-refractivity contribution in [2.45, 2.75) is 0 Å². The predicted octanol–water partition coefficient (Wildman–Crippen LogP) is 4.09. The lowest BCUT2D eigenvalue weighted by atomic mass is 10.0. The molecule has 98 valence electrons. The Morgan fingerprint density at radius 1 is 1.05 bits per heavy atom. The first-order valence-corrected chi connectivity index (χ1v) is 8.40. The van der Waals surface area contributed by atoms with Gasteiger partial charge in [0.15, 0.2) is 0 Å². The van der Waals surface area contributed by atoms with Gasteiger partial charge in [-0.2, -0.15) is 0 Å². The second kappa shape index (κ2) is 5.02. The first-order valence-electron chi connectivity index (χ1n) is 5.95. The molecule has 2 aliphatic carbocycles. The molecule has 0 unspecified atom stereocenters. The summed E-state index contributed by atoms with van der Waals surface area (Å²) in [5.41, 5.74) is 4.26. The van der Waals surface area contributed by atoms with Crippen LogP contribution >= 0.6 is 23.5 Å². The van der Waals surface area contributed by atoms with Gasteiger partial charge in [0.2, 0.25) is 0 Å². The van der Waals surface area contributed by atoms with E-state index in [1.807, 2.05) is 12.2 Å². The van der Waals surface area contributed by atoms with Gasteiger partial charge in [0, 0.05) is 9.81 Å². The number of aliphatic hydroxyl groups excluding tert-OH is 1. The first kappa shape index (κ1) is 12.8. The van der Waals surface area contributed by atoms with Crippen LogP contribution in [0.2, 0.25) is 0 Å². The summed E-state index contributed by atoms with van der Waals surface area (Å²) in [5, 5.41) is 9.92. The Labute approximate surface area is 121 Å². The SMILES string of the molecule is CSC1=CC2=C(C3=C(O)OCC=C3)C=C(SC)C2=C1. The van der Waals surface area contributed by atoms with Gasteiger partial charge < -0.3 is 9.84 Å². The number of thioether (sulfide) groups is 2. The highest BCUT2D eigenvalue weighted by molar-refractivity contribution is 8.03. The standard InChI is InChI=1S/C15H14O2S2/c1-18-9-6-11-12(8-14(19-2)13(11)7-9)10-4-3-5-17-15(10)16/h3-4,6-8,16H,5H2,1-2H3. The minimum Gasteiger partial charge on any atom is -0.481 e. The van der Waals surface area contributed by atoms with Gasteiger partial charge >= 0.3 is 0 Å². The highest BCUT2D eigenvalue weighted by atomic mass is 32.2. The van der Waals surface area contributed by atoms with E-state index in [0.717, 1.165) is 11.1 Å². The molecule has 0 saturated carbocycles. The fraction of sp³-hybridized carbons (Fsp3) is 0.200. The van der Waals surface area contributed by atoms with E-state index in [1.165, 1.54) is 21.0 Å². The Hall–Kier alpha value is -1.26. The van der Waals surface area contributed by atoms with Gasteiger partial charge in [0.1, 0.15) is 6.61 Å². The van der Waals surface area contributed by atoms with Crippen LogP contribution < -0.4 is 0 Å². The number of hydrogen-bond acceptors (Lipinski definition) is 4. The fourth-order valence-electron chi connectivity index (χ4n) is 2.35. The quantitative estimate of drug-likeness (QED) is 0.848. The molecule has 0 aromatic carbocycles. The lowest BCUT2D eigenvalue weighted by molar-refractivity contribution is 0.106. The third kappa shape index (κ3) is 2.09. The molecule has 3 rings (SSSR count). The zero-order chi connectivity index (χ0) is 13.4. The molecule has 3 aliphatic rings. The molecule has 0 amide bonds. The van der Waals surface area contributed by atoms with Crippen molar-refractivity contribution in [2.24, 2.45) is 0 Å². The second-order valence-corrected chi connectivity index (χ2v) is 6.01. The molecule has 0 saturated heterocycles. The molecule has 0 radical (unpaired) electrons. The molecular weight excluding hydrogens is 276 g/mol. The van der Waals surface area contributed by atoms with Gasteiger partial charge in [-0.25, -0.2) is 0 Å². The zero-order valence-electron chi connectivity index (χ0n) is 10.8. The second-order valence-electron chi connectivity index (χ2n) is 4.28. The number of ether oxygens (including phenoxy) is 1. The van der Waals surface area contributed by atoms with Crippen molar-refractivity contribution < 1.29 is 9.84 Å². The van der Waals surface area contributed by atoms with E-state index in [-0.39, 0.29) is 5.95 Å². The van der Waals surface area contributed by atoms with E-state index in [4.69, 9.17) is 4.74 Å². The fourth-order valence-corrected chi connectivity index (χ4v) is 3.45. The molecule has 0 atom stereocenters. The summed E-state index contributed by atoms with van der Waals surface area (Å²) in [5.74, 6) is 0.0222. The van der Waals surface area contributed by atoms with Gasteiger partial charge in [0.05, 0.1) is 5.57 Å². The Bertz CT molecular complexity index is 616. The Morgan fingerprint density at radius 2 is 1.89 bits per heavy atom. The van der Waals surface area contributed by atoms with Gasteiger partial charge in [-0.15, -0.1) is 23.5 Å². The van der Waals surface area contributed by atoms with Crippen LogP contribution in [0, 0.1) is 0 Å². The average molecular weight is 290 g/mol. The smallest absolute Gasteiger partial charge is 0.285 e. The van der Waals surface area contributed by atoms with Crippen molar-refractivity contribution in [3.8, 4) is 0 Å². The summed E-state index contributed by atoms with van der Waals surface area (Å²) < 4.78 is 5.21. The van der Waals surface area contributed by atoms with Crippen molar-refractivity contribution in [1.82, 2.24) is 0 Å². The third-order valence-electron chi connectivity index (χ3n) is 3.27. The number of allylic oxidation sites excluding steroid dienone is 8. The van der Waals surface area contributed by atoms with Gasteiger partial charge in [-0.3, -0.25) is 0 Å². The van der Waals surface area contributed by atoms with E-state index < -0.39 is 0 Å². The normalized spacial score (nSPS) is 21.3. The molecular formula is C15H14O2S2. The third-order valence-corrected chi connectivity index (χ3v) is 4.76. The molecule has 19 heavy (non-hydrogen) atoms. The maximum absolute atomic E-state index is 9.92. The summed E-state index contributed by atoms with van der Waals surface area (Å²) in [6.07, 6.45) is 14.5. The number of fused-ring (bicyclic) bond motifs is 1. The van der Waals surface area contributed by atoms with Crippen molar-refractivity contribution in [3.05, 3.63) is 68.4 Å². The van der Waals surface area contributed by atoms with E-state index in [2.05, 4.69) is 30.7 Å². The first-order chi connectivity index (χ1) is 9.24. The predicted molar refractivity (Wildman–Crippen MR) is 83.1 cm³/mol. The molecule has 2 nitrogen and oxygen atoms in total. The lowest BCUT2D eigenvalue weighted by Crippen LogP contribution is -2.02. The van der Waals surface area contributed by atoms with E-state index in [0.29, 0.717) is 6.61 Å². The lowest BCUT2D eigenvalue weighted by Gasteiger charge is -2.12. The van der Waals surface area contributed by atoms with Crippen molar-refractivity contribution in [3.63, 3.8) is 0 Å². The van der Waals surface area contributed by atoms with Gasteiger partial charge in [0.25, 0.3) is 5.95 Å². The Balaban J connectivity index is 2.12. The van der Waals surface area contributed by atoms with Crippen LogP contribution in [0.5, 0.6) is 0 Å². The summed E-state index contributed by atoms with van der Waals surface area (Å²) in [6, 6.07) is 0. The monoisotopic (exact) mass is 290 g/mol.